The van der Waals surface area contributed by atoms with Gasteiger partial charge in [-0.3, -0.25) is 9.55 Å². The Balaban J connectivity index is 1.62. The van der Waals surface area contributed by atoms with Gasteiger partial charge in [0.2, 0.25) is 0 Å². The molecule has 0 bridgehead atoms. The van der Waals surface area contributed by atoms with E-state index in [0.717, 1.165) is 44.2 Å². The third kappa shape index (κ3) is 3.28. The molecule has 0 saturated heterocycles. The smallest absolute Gasteiger partial charge is 0.331 e. The number of para-hydroxylation sites is 2. The fraction of sp³-hybridized carbons (Fsp3) is 0.103. The molecule has 3 N–H and O–H groups in total. The number of nitrogens with zero attached hydrogens (tertiary/aromatic N) is 4. The second-order valence-electron chi connectivity index (χ2n) is 8.90. The van der Waals surface area contributed by atoms with E-state index in [9.17, 15) is 10.1 Å². The highest BCUT2D eigenvalue weighted by atomic mass is 16.1. The summed E-state index contributed by atoms with van der Waals surface area (Å²) >= 11 is 0. The molecule has 0 spiro atoms. The number of imidazole rings is 1. The van der Waals surface area contributed by atoms with Crippen LogP contribution in [0.5, 0.6) is 0 Å². The maximum atomic E-state index is 13.3. The van der Waals surface area contributed by atoms with Crippen LogP contribution in [-0.2, 0) is 20.1 Å². The number of aryl methyl sites for hydroxylation is 1. The topological polar surface area (TPSA) is 97.5 Å². The van der Waals surface area contributed by atoms with E-state index in [0.29, 0.717) is 18.8 Å². The maximum absolute atomic E-state index is 13.3. The monoisotopic (exact) mass is 472 g/mol. The molecule has 0 aliphatic carbocycles. The van der Waals surface area contributed by atoms with Gasteiger partial charge in [-0.1, -0.05) is 60.7 Å². The first-order valence-corrected chi connectivity index (χ1v) is 11.8. The van der Waals surface area contributed by atoms with E-state index in [1.54, 1.807) is 4.57 Å². The molecule has 3 aromatic heterocycles. The lowest BCUT2D eigenvalue weighted by molar-refractivity contribution is 0.820. The quantitative estimate of drug-likeness (QED) is 0.382. The van der Waals surface area contributed by atoms with Gasteiger partial charge in [0.05, 0.1) is 11.4 Å². The first-order chi connectivity index (χ1) is 17.6. The minimum absolute atomic E-state index is 0.234. The minimum atomic E-state index is -0.344. The van der Waals surface area contributed by atoms with Crippen molar-refractivity contribution in [2.75, 3.05) is 0 Å². The molecule has 0 amide bonds. The molecule has 3 aromatic carbocycles. The zero-order chi connectivity index (χ0) is 24.8. The van der Waals surface area contributed by atoms with Crippen molar-refractivity contribution in [1.29, 1.82) is 5.26 Å². The van der Waals surface area contributed by atoms with Crippen LogP contribution in [0, 0.1) is 11.3 Å². The normalized spacial score (nSPS) is 11.4. The molecule has 0 atom stereocenters. The lowest BCUT2D eigenvalue weighted by Crippen LogP contribution is -2.15. The molecule has 0 fully saturated rings. The number of nitriles is 1. The van der Waals surface area contributed by atoms with Crippen LogP contribution in [0.15, 0.2) is 90.0 Å². The molecule has 176 valence electrons. The van der Waals surface area contributed by atoms with E-state index in [-0.39, 0.29) is 11.4 Å². The highest BCUT2D eigenvalue weighted by Crippen LogP contribution is 2.35. The summed E-state index contributed by atoms with van der Waals surface area (Å²) < 4.78 is 5.78. The summed E-state index contributed by atoms with van der Waals surface area (Å²) in [7, 11) is 1.95. The fourth-order valence-electron chi connectivity index (χ4n) is 5.16. The lowest BCUT2D eigenvalue weighted by Gasteiger charge is -2.10. The zero-order valence-corrected chi connectivity index (χ0v) is 19.8. The van der Waals surface area contributed by atoms with Crippen molar-refractivity contribution in [3.05, 3.63) is 112 Å². The number of aromatic nitrogens is 4. The molecular formula is C29H24N6O. The summed E-state index contributed by atoms with van der Waals surface area (Å²) in [5.74, 6) is 0. The molecule has 3 heterocycles. The third-order valence-corrected chi connectivity index (χ3v) is 6.85. The number of nitrogens with two attached hydrogens (primary N) is 1. The number of hydrogen-bond acceptors (Lipinski definition) is 3. The lowest BCUT2D eigenvalue weighted by atomic mass is 10.1. The number of rotatable bonds is 5. The van der Waals surface area contributed by atoms with Crippen LogP contribution < -0.4 is 11.4 Å². The first kappa shape index (κ1) is 21.7. The largest absolute Gasteiger partial charge is 0.348 e. The van der Waals surface area contributed by atoms with Crippen LogP contribution in [0.3, 0.4) is 0 Å². The number of benzene rings is 3. The van der Waals surface area contributed by atoms with E-state index in [2.05, 4.69) is 27.8 Å². The van der Waals surface area contributed by atoms with Crippen LogP contribution >= 0.6 is 0 Å². The first-order valence-electron chi connectivity index (χ1n) is 11.8. The molecule has 6 aromatic rings. The molecule has 36 heavy (non-hydrogen) atoms. The van der Waals surface area contributed by atoms with Gasteiger partial charge in [0.25, 0.3) is 0 Å². The molecule has 7 nitrogen and oxygen atoms in total. The molecule has 0 saturated carbocycles. The molecule has 0 radical (unpaired) electrons. The van der Waals surface area contributed by atoms with Gasteiger partial charge in [0, 0.05) is 59.9 Å². The highest BCUT2D eigenvalue weighted by Gasteiger charge is 2.23. The summed E-state index contributed by atoms with van der Waals surface area (Å²) in [4.78, 5) is 16.1. The van der Waals surface area contributed by atoms with Gasteiger partial charge in [-0.25, -0.2) is 4.79 Å². The average molecular weight is 473 g/mol. The van der Waals surface area contributed by atoms with Crippen LogP contribution in [-0.4, -0.2) is 18.7 Å². The number of nitrogens with one attached hydrogen (secondary N) is 1. The standard InChI is InChI=1S/C29H24N6O/c1-33-18-27(22-11-5-6-12-25(22)33)35-28(24(15-31)32-29(35)36)23-17-34(26-13-7-4-10-21(23)26)16-20-9-3-2-8-19(20)14-30/h2-13,17-18H,14,16,30H2,1H3,(H,32,36). The van der Waals surface area contributed by atoms with E-state index in [4.69, 9.17) is 5.73 Å². The predicted octanol–water partition coefficient (Wildman–Crippen LogP) is 4.66. The van der Waals surface area contributed by atoms with E-state index < -0.39 is 0 Å². The Morgan fingerprint density at radius 1 is 0.889 bits per heavy atom. The van der Waals surface area contributed by atoms with Crippen molar-refractivity contribution in [2.24, 2.45) is 12.8 Å². The van der Waals surface area contributed by atoms with Gasteiger partial charge in [-0.05, 0) is 23.3 Å². The summed E-state index contributed by atoms with van der Waals surface area (Å²) in [5.41, 5.74) is 12.2. The third-order valence-electron chi connectivity index (χ3n) is 6.85. The molecule has 7 heteroatoms. The number of H-pyrrole nitrogens is 1. The van der Waals surface area contributed by atoms with Crippen molar-refractivity contribution >= 4 is 21.8 Å². The SMILES string of the molecule is Cn1cc(-n2c(-c3cn(Cc4ccccc4CN)c4ccccc34)c(C#N)[nH]c2=O)c2ccccc21. The summed E-state index contributed by atoms with van der Waals surface area (Å²) in [6.45, 7) is 1.08. The number of fused-ring (bicyclic) bond motifs is 2. The Morgan fingerprint density at radius 2 is 1.56 bits per heavy atom. The Bertz CT molecular complexity index is 1860. The second-order valence-corrected chi connectivity index (χ2v) is 8.90. The summed E-state index contributed by atoms with van der Waals surface area (Å²) in [5, 5.41) is 11.9. The highest BCUT2D eigenvalue weighted by molar-refractivity contribution is 5.98. The van der Waals surface area contributed by atoms with Gasteiger partial charge in [0.15, 0.2) is 0 Å². The predicted molar refractivity (Wildman–Crippen MR) is 142 cm³/mol. The van der Waals surface area contributed by atoms with Crippen molar-refractivity contribution in [3.63, 3.8) is 0 Å². The molecular weight excluding hydrogens is 448 g/mol. The molecule has 0 unspecified atom stereocenters. The van der Waals surface area contributed by atoms with Gasteiger partial charge < -0.3 is 14.9 Å². The Hall–Kier alpha value is -4.80. The van der Waals surface area contributed by atoms with Gasteiger partial charge in [-0.2, -0.15) is 5.26 Å². The Kier molecular flexibility index (Phi) is 5.10. The molecule has 0 aliphatic rings. The number of hydrogen-bond donors (Lipinski definition) is 2. The molecule has 0 aliphatic heterocycles. The van der Waals surface area contributed by atoms with Crippen molar-refractivity contribution in [3.8, 4) is 23.0 Å². The van der Waals surface area contributed by atoms with Gasteiger partial charge >= 0.3 is 5.69 Å². The zero-order valence-electron chi connectivity index (χ0n) is 19.8. The summed E-state index contributed by atoms with van der Waals surface area (Å²) in [6.07, 6.45) is 3.96. The van der Waals surface area contributed by atoms with Crippen LogP contribution in [0.1, 0.15) is 16.8 Å². The van der Waals surface area contributed by atoms with Gasteiger partial charge in [-0.15, -0.1) is 0 Å². The Labute approximate surface area is 207 Å². The van der Waals surface area contributed by atoms with Crippen molar-refractivity contribution < 1.29 is 0 Å². The second kappa shape index (κ2) is 8.45. The van der Waals surface area contributed by atoms with Crippen molar-refractivity contribution in [1.82, 2.24) is 18.7 Å². The summed E-state index contributed by atoms with van der Waals surface area (Å²) in [6, 6.07) is 26.3. The van der Waals surface area contributed by atoms with E-state index in [1.165, 1.54) is 0 Å². The van der Waals surface area contributed by atoms with Crippen LogP contribution in [0.4, 0.5) is 0 Å². The van der Waals surface area contributed by atoms with Crippen LogP contribution in [0.2, 0.25) is 0 Å². The Morgan fingerprint density at radius 3 is 2.31 bits per heavy atom. The van der Waals surface area contributed by atoms with Crippen LogP contribution in [0.25, 0.3) is 38.8 Å². The van der Waals surface area contributed by atoms with Crippen molar-refractivity contribution in [2.45, 2.75) is 13.1 Å². The number of aromatic amines is 1. The maximum Gasteiger partial charge on any atom is 0.331 e. The van der Waals surface area contributed by atoms with E-state index in [1.807, 2.05) is 84.7 Å². The van der Waals surface area contributed by atoms with Gasteiger partial charge in [0.1, 0.15) is 11.8 Å². The molecule has 6 rings (SSSR count). The van der Waals surface area contributed by atoms with E-state index >= 15 is 0 Å². The fourth-order valence-corrected chi connectivity index (χ4v) is 5.16. The minimum Gasteiger partial charge on any atom is -0.348 e. The average Bonchev–Trinajstić information content (AvgIpc) is 3.55.